The van der Waals surface area contributed by atoms with Crippen LogP contribution >= 0.6 is 0 Å². The summed E-state index contributed by atoms with van der Waals surface area (Å²) in [6.45, 7) is 8.63. The summed E-state index contributed by atoms with van der Waals surface area (Å²) in [5, 5.41) is 11.1. The molecule has 2 saturated heterocycles. The van der Waals surface area contributed by atoms with Gasteiger partial charge in [0.05, 0.1) is 5.60 Å². The second kappa shape index (κ2) is 10.0. The SMILES string of the molecule is CC(CC(=O)N1CCC(O)(CN2C=CC(N3CCN(C)CC3)=NC2)CC1)c1ccccc1. The minimum absolute atomic E-state index is 0.183. The van der Waals surface area contributed by atoms with Crippen LogP contribution in [-0.4, -0.2) is 102 Å². The molecule has 0 radical (unpaired) electrons. The lowest BCUT2D eigenvalue weighted by Gasteiger charge is -2.41. The third-order valence-corrected chi connectivity index (χ3v) is 7.07. The van der Waals surface area contributed by atoms with Crippen LogP contribution in [0.4, 0.5) is 0 Å². The molecule has 3 aliphatic rings. The monoisotopic (exact) mass is 439 g/mol. The van der Waals surface area contributed by atoms with E-state index in [2.05, 4.69) is 53.1 Å². The zero-order chi connectivity index (χ0) is 22.6. The van der Waals surface area contributed by atoms with Gasteiger partial charge in [0, 0.05) is 58.4 Å². The fourth-order valence-electron chi connectivity index (χ4n) is 4.78. The Morgan fingerprint density at radius 2 is 1.78 bits per heavy atom. The molecule has 1 atom stereocenters. The molecular formula is C25H37N5O2. The fraction of sp³-hybridized carbons (Fsp3) is 0.600. The molecule has 3 heterocycles. The fourth-order valence-corrected chi connectivity index (χ4v) is 4.78. The highest BCUT2D eigenvalue weighted by molar-refractivity contribution is 5.93. The van der Waals surface area contributed by atoms with Crippen molar-refractivity contribution >= 4 is 11.7 Å². The number of amides is 1. The number of piperidine rings is 1. The number of likely N-dealkylation sites (N-methyl/N-ethyl adjacent to an activating group) is 1. The van der Waals surface area contributed by atoms with Crippen LogP contribution < -0.4 is 0 Å². The molecule has 1 aromatic carbocycles. The molecule has 0 spiro atoms. The number of hydrogen-bond acceptors (Lipinski definition) is 6. The van der Waals surface area contributed by atoms with E-state index in [-0.39, 0.29) is 11.8 Å². The Labute approximate surface area is 192 Å². The van der Waals surface area contributed by atoms with E-state index in [4.69, 9.17) is 4.99 Å². The van der Waals surface area contributed by atoms with Gasteiger partial charge in [-0.2, -0.15) is 0 Å². The number of hydrogen-bond donors (Lipinski definition) is 1. The average Bonchev–Trinajstić information content (AvgIpc) is 2.81. The molecular weight excluding hydrogens is 402 g/mol. The van der Waals surface area contributed by atoms with Gasteiger partial charge in [-0.25, -0.2) is 4.99 Å². The smallest absolute Gasteiger partial charge is 0.223 e. The molecule has 7 heteroatoms. The van der Waals surface area contributed by atoms with E-state index in [9.17, 15) is 9.90 Å². The third-order valence-electron chi connectivity index (χ3n) is 7.07. The normalized spacial score (nSPS) is 22.6. The van der Waals surface area contributed by atoms with Crippen LogP contribution in [0.3, 0.4) is 0 Å². The number of carbonyl (C=O) groups excluding carboxylic acids is 1. The van der Waals surface area contributed by atoms with E-state index in [0.717, 1.165) is 32.0 Å². The summed E-state index contributed by atoms with van der Waals surface area (Å²) in [5.41, 5.74) is 0.426. The standard InChI is InChI=1S/C25H37N5O2/c1-21(22-6-4-3-5-7-22)18-24(31)30-12-9-25(32,10-13-30)19-28-11-8-23(26-20-28)29-16-14-27(2)15-17-29/h3-8,11,21,32H,9-10,12-20H2,1-2H3. The molecule has 4 rings (SSSR count). The van der Waals surface area contributed by atoms with Crippen LogP contribution in [0, 0.1) is 0 Å². The molecule has 0 aromatic heterocycles. The Kier molecular flexibility index (Phi) is 7.16. The Morgan fingerprint density at radius 3 is 2.41 bits per heavy atom. The van der Waals surface area contributed by atoms with Gasteiger partial charge in [-0.1, -0.05) is 37.3 Å². The van der Waals surface area contributed by atoms with Crippen LogP contribution in [0.25, 0.3) is 0 Å². The van der Waals surface area contributed by atoms with Gasteiger partial charge in [0.2, 0.25) is 5.91 Å². The Balaban J connectivity index is 1.22. The predicted octanol–water partition coefficient (Wildman–Crippen LogP) is 1.97. The lowest BCUT2D eigenvalue weighted by Crippen LogP contribution is -2.52. The minimum Gasteiger partial charge on any atom is -0.388 e. The van der Waals surface area contributed by atoms with Crippen molar-refractivity contribution in [3.63, 3.8) is 0 Å². The Hall–Kier alpha value is -2.38. The summed E-state index contributed by atoms with van der Waals surface area (Å²) < 4.78 is 0. The molecule has 0 bridgehead atoms. The highest BCUT2D eigenvalue weighted by Crippen LogP contribution is 2.26. The molecule has 0 aliphatic carbocycles. The summed E-state index contributed by atoms with van der Waals surface area (Å²) in [5.74, 6) is 1.44. The number of piperazine rings is 1. The number of nitrogens with zero attached hydrogens (tertiary/aromatic N) is 5. The van der Waals surface area contributed by atoms with Crippen molar-refractivity contribution in [3.05, 3.63) is 48.2 Å². The van der Waals surface area contributed by atoms with Gasteiger partial charge in [0.1, 0.15) is 12.5 Å². The van der Waals surface area contributed by atoms with Gasteiger partial charge in [-0.15, -0.1) is 0 Å². The quantitative estimate of drug-likeness (QED) is 0.760. The Bertz CT molecular complexity index is 824. The first-order valence-electron chi connectivity index (χ1n) is 11.9. The molecule has 7 nitrogen and oxygen atoms in total. The van der Waals surface area contributed by atoms with Gasteiger partial charge < -0.3 is 24.7 Å². The van der Waals surface area contributed by atoms with Crippen molar-refractivity contribution in [3.8, 4) is 0 Å². The molecule has 2 fully saturated rings. The van der Waals surface area contributed by atoms with Crippen LogP contribution in [0.1, 0.15) is 37.7 Å². The summed E-state index contributed by atoms with van der Waals surface area (Å²) in [7, 11) is 2.15. The van der Waals surface area contributed by atoms with E-state index in [1.165, 1.54) is 5.56 Å². The summed E-state index contributed by atoms with van der Waals surface area (Å²) in [6, 6.07) is 10.2. The topological polar surface area (TPSA) is 62.6 Å². The lowest BCUT2D eigenvalue weighted by atomic mass is 9.90. The summed E-state index contributed by atoms with van der Waals surface area (Å²) >= 11 is 0. The zero-order valence-electron chi connectivity index (χ0n) is 19.5. The van der Waals surface area contributed by atoms with Crippen molar-refractivity contribution in [2.45, 2.75) is 37.7 Å². The van der Waals surface area contributed by atoms with Crippen LogP contribution in [0.5, 0.6) is 0 Å². The minimum atomic E-state index is -0.771. The summed E-state index contributed by atoms with van der Waals surface area (Å²) in [6.07, 6.45) is 5.87. The van der Waals surface area contributed by atoms with Crippen LogP contribution in [0.15, 0.2) is 47.6 Å². The third kappa shape index (κ3) is 5.70. The average molecular weight is 440 g/mol. The van der Waals surface area contributed by atoms with E-state index >= 15 is 0 Å². The van der Waals surface area contributed by atoms with E-state index in [1.54, 1.807) is 0 Å². The van der Waals surface area contributed by atoms with Gasteiger partial charge in [0.25, 0.3) is 0 Å². The predicted molar refractivity (Wildman–Crippen MR) is 127 cm³/mol. The molecule has 1 unspecified atom stereocenters. The van der Waals surface area contributed by atoms with Crippen molar-refractivity contribution in [1.82, 2.24) is 19.6 Å². The first-order chi connectivity index (χ1) is 15.4. The van der Waals surface area contributed by atoms with Gasteiger partial charge >= 0.3 is 0 Å². The summed E-state index contributed by atoms with van der Waals surface area (Å²) in [4.78, 5) is 26.2. The number of aliphatic imine (C=N–C) groups is 1. The highest BCUT2D eigenvalue weighted by atomic mass is 16.3. The number of rotatable bonds is 5. The number of aliphatic hydroxyl groups is 1. The van der Waals surface area contributed by atoms with Crippen LogP contribution in [-0.2, 0) is 4.79 Å². The van der Waals surface area contributed by atoms with Crippen molar-refractivity contribution < 1.29 is 9.90 Å². The van der Waals surface area contributed by atoms with E-state index < -0.39 is 5.60 Å². The number of amidine groups is 1. The van der Waals surface area contributed by atoms with Crippen LogP contribution in [0.2, 0.25) is 0 Å². The lowest BCUT2D eigenvalue weighted by molar-refractivity contribution is -0.136. The second-order valence-electron chi connectivity index (χ2n) is 9.63. The second-order valence-corrected chi connectivity index (χ2v) is 9.63. The largest absolute Gasteiger partial charge is 0.388 e. The zero-order valence-corrected chi connectivity index (χ0v) is 19.5. The maximum absolute atomic E-state index is 12.8. The van der Waals surface area contributed by atoms with Gasteiger partial charge in [0.15, 0.2) is 0 Å². The number of benzene rings is 1. The van der Waals surface area contributed by atoms with E-state index in [1.807, 2.05) is 23.1 Å². The van der Waals surface area contributed by atoms with Crippen molar-refractivity contribution in [2.75, 3.05) is 59.5 Å². The van der Waals surface area contributed by atoms with Gasteiger partial charge in [-0.05, 0) is 37.4 Å². The molecule has 174 valence electrons. The van der Waals surface area contributed by atoms with E-state index in [0.29, 0.717) is 45.6 Å². The molecule has 1 amide bonds. The first kappa shape index (κ1) is 22.8. The van der Waals surface area contributed by atoms with Crippen molar-refractivity contribution in [1.29, 1.82) is 0 Å². The molecule has 32 heavy (non-hydrogen) atoms. The van der Waals surface area contributed by atoms with Crippen molar-refractivity contribution in [2.24, 2.45) is 4.99 Å². The molecule has 1 aromatic rings. The first-order valence-corrected chi connectivity index (χ1v) is 11.9. The Morgan fingerprint density at radius 1 is 1.09 bits per heavy atom. The van der Waals surface area contributed by atoms with Gasteiger partial charge in [-0.3, -0.25) is 4.79 Å². The number of likely N-dealkylation sites (tertiary alicyclic amines) is 1. The number of carbonyl (C=O) groups is 1. The molecule has 1 N–H and O–H groups in total. The maximum atomic E-state index is 12.8. The molecule has 3 aliphatic heterocycles. The number of β-amino-alcohol motifs (C(OH)–C–C–N with tert-alkyl or cyclic N) is 1. The molecule has 0 saturated carbocycles. The highest BCUT2D eigenvalue weighted by Gasteiger charge is 2.35. The maximum Gasteiger partial charge on any atom is 0.223 e.